The third kappa shape index (κ3) is 2.19. The standard InChI is InChI=1S/C11H10BrN3O/c1-6-3-8(4-7(2)14-6)10-13-5-9(12)11(16)15-10/h3-5H,1-2H3,(H,13,15,16). The van der Waals surface area contributed by atoms with Gasteiger partial charge in [0.15, 0.2) is 0 Å². The summed E-state index contributed by atoms with van der Waals surface area (Å²) in [4.78, 5) is 22.6. The van der Waals surface area contributed by atoms with Crippen LogP contribution >= 0.6 is 15.9 Å². The Kier molecular flexibility index (Phi) is 2.87. The Morgan fingerprint density at radius 2 is 1.88 bits per heavy atom. The van der Waals surface area contributed by atoms with E-state index in [0.29, 0.717) is 10.3 Å². The lowest BCUT2D eigenvalue weighted by Crippen LogP contribution is -2.09. The van der Waals surface area contributed by atoms with Crippen LogP contribution in [0.3, 0.4) is 0 Å². The van der Waals surface area contributed by atoms with Crippen LogP contribution in [0.4, 0.5) is 0 Å². The Labute approximate surface area is 101 Å². The topological polar surface area (TPSA) is 58.6 Å². The zero-order chi connectivity index (χ0) is 11.7. The average Bonchev–Trinajstić information content (AvgIpc) is 2.20. The molecule has 0 aromatic carbocycles. The highest BCUT2D eigenvalue weighted by atomic mass is 79.9. The molecule has 0 bridgehead atoms. The van der Waals surface area contributed by atoms with Crippen LogP contribution in [0, 0.1) is 13.8 Å². The molecular weight excluding hydrogens is 270 g/mol. The van der Waals surface area contributed by atoms with Crippen LogP contribution in [-0.2, 0) is 0 Å². The Hall–Kier alpha value is -1.49. The van der Waals surface area contributed by atoms with Gasteiger partial charge in [-0.15, -0.1) is 0 Å². The predicted molar refractivity (Wildman–Crippen MR) is 65.3 cm³/mol. The zero-order valence-corrected chi connectivity index (χ0v) is 10.5. The monoisotopic (exact) mass is 279 g/mol. The Bertz CT molecular complexity index is 572. The van der Waals surface area contributed by atoms with Crippen molar-refractivity contribution in [2.75, 3.05) is 0 Å². The van der Waals surface area contributed by atoms with Gasteiger partial charge < -0.3 is 4.98 Å². The van der Waals surface area contributed by atoms with Crippen LogP contribution in [0.25, 0.3) is 11.4 Å². The molecule has 0 unspecified atom stereocenters. The number of nitrogens with one attached hydrogen (secondary N) is 1. The molecule has 0 aliphatic heterocycles. The lowest BCUT2D eigenvalue weighted by molar-refractivity contribution is 1.08. The predicted octanol–water partition coefficient (Wildman–Crippen LogP) is 2.21. The summed E-state index contributed by atoms with van der Waals surface area (Å²) in [5.74, 6) is 0.557. The minimum Gasteiger partial charge on any atom is -0.306 e. The molecular formula is C11H10BrN3O. The van der Waals surface area contributed by atoms with Crippen LogP contribution in [0.5, 0.6) is 0 Å². The van der Waals surface area contributed by atoms with Crippen molar-refractivity contribution < 1.29 is 0 Å². The smallest absolute Gasteiger partial charge is 0.265 e. The van der Waals surface area contributed by atoms with Gasteiger partial charge in [-0.25, -0.2) is 4.98 Å². The SMILES string of the molecule is Cc1cc(-c2ncc(Br)c(=O)[nH]2)cc(C)n1. The summed E-state index contributed by atoms with van der Waals surface area (Å²) in [5.41, 5.74) is 2.49. The quantitative estimate of drug-likeness (QED) is 0.871. The molecule has 0 aliphatic rings. The Morgan fingerprint density at radius 3 is 2.44 bits per heavy atom. The second-order valence-electron chi connectivity index (χ2n) is 3.55. The number of aromatic nitrogens is 3. The van der Waals surface area contributed by atoms with Gasteiger partial charge in [0.25, 0.3) is 5.56 Å². The van der Waals surface area contributed by atoms with Crippen LogP contribution in [-0.4, -0.2) is 15.0 Å². The molecule has 4 nitrogen and oxygen atoms in total. The first-order valence-corrected chi connectivity index (χ1v) is 5.56. The van der Waals surface area contributed by atoms with Crippen molar-refractivity contribution >= 4 is 15.9 Å². The van der Waals surface area contributed by atoms with Crippen molar-refractivity contribution in [3.63, 3.8) is 0 Å². The maximum atomic E-state index is 11.4. The lowest BCUT2D eigenvalue weighted by Gasteiger charge is -2.03. The van der Waals surface area contributed by atoms with Gasteiger partial charge in [-0.1, -0.05) is 0 Å². The summed E-state index contributed by atoms with van der Waals surface area (Å²) in [6.45, 7) is 3.82. The fourth-order valence-corrected chi connectivity index (χ4v) is 1.70. The number of nitrogens with zero attached hydrogens (tertiary/aromatic N) is 2. The van der Waals surface area contributed by atoms with Crippen molar-refractivity contribution in [1.29, 1.82) is 0 Å². The van der Waals surface area contributed by atoms with Crippen LogP contribution in [0.2, 0.25) is 0 Å². The lowest BCUT2D eigenvalue weighted by atomic mass is 10.2. The van der Waals surface area contributed by atoms with Gasteiger partial charge in [0, 0.05) is 23.1 Å². The fraction of sp³-hybridized carbons (Fsp3) is 0.182. The van der Waals surface area contributed by atoms with Crippen molar-refractivity contribution in [3.05, 3.63) is 44.5 Å². The summed E-state index contributed by atoms with van der Waals surface area (Å²) in [6.07, 6.45) is 1.50. The highest BCUT2D eigenvalue weighted by Gasteiger charge is 2.04. The summed E-state index contributed by atoms with van der Waals surface area (Å²) < 4.78 is 0.429. The van der Waals surface area contributed by atoms with E-state index in [4.69, 9.17) is 0 Å². The van der Waals surface area contributed by atoms with Gasteiger partial charge in [-0.3, -0.25) is 9.78 Å². The van der Waals surface area contributed by atoms with Crippen LogP contribution < -0.4 is 5.56 Å². The molecule has 0 amide bonds. The van der Waals surface area contributed by atoms with E-state index in [1.54, 1.807) is 0 Å². The van der Waals surface area contributed by atoms with Gasteiger partial charge in [-0.2, -0.15) is 0 Å². The summed E-state index contributed by atoms with van der Waals surface area (Å²) in [6, 6.07) is 3.78. The van der Waals surface area contributed by atoms with E-state index >= 15 is 0 Å². The van der Waals surface area contributed by atoms with Crippen LogP contribution in [0.15, 0.2) is 27.6 Å². The van der Waals surface area contributed by atoms with E-state index in [9.17, 15) is 4.79 Å². The molecule has 82 valence electrons. The Morgan fingerprint density at radius 1 is 1.25 bits per heavy atom. The van der Waals surface area contributed by atoms with Crippen molar-refractivity contribution in [3.8, 4) is 11.4 Å². The van der Waals surface area contributed by atoms with Gasteiger partial charge in [0.05, 0.1) is 0 Å². The number of rotatable bonds is 1. The number of aromatic amines is 1. The van der Waals surface area contributed by atoms with E-state index in [1.807, 2.05) is 26.0 Å². The maximum absolute atomic E-state index is 11.4. The van der Waals surface area contributed by atoms with Gasteiger partial charge in [-0.05, 0) is 41.9 Å². The first kappa shape index (κ1) is 11.0. The molecule has 2 aromatic heterocycles. The molecule has 5 heteroatoms. The first-order chi connectivity index (χ1) is 7.56. The summed E-state index contributed by atoms with van der Waals surface area (Å²) >= 11 is 3.11. The number of hydrogen-bond acceptors (Lipinski definition) is 3. The molecule has 0 spiro atoms. The number of hydrogen-bond donors (Lipinski definition) is 1. The molecule has 1 N–H and O–H groups in total. The minimum atomic E-state index is -0.183. The first-order valence-electron chi connectivity index (χ1n) is 4.77. The van der Waals surface area contributed by atoms with E-state index in [2.05, 4.69) is 30.9 Å². The molecule has 0 saturated heterocycles. The molecule has 0 fully saturated rings. The van der Waals surface area contributed by atoms with E-state index in [1.165, 1.54) is 6.20 Å². The largest absolute Gasteiger partial charge is 0.306 e. The van der Waals surface area contributed by atoms with Crippen molar-refractivity contribution in [2.24, 2.45) is 0 Å². The molecule has 0 saturated carbocycles. The highest BCUT2D eigenvalue weighted by Crippen LogP contribution is 2.15. The van der Waals surface area contributed by atoms with Gasteiger partial charge in [0.2, 0.25) is 0 Å². The molecule has 2 aromatic rings. The van der Waals surface area contributed by atoms with Gasteiger partial charge >= 0.3 is 0 Å². The van der Waals surface area contributed by atoms with E-state index in [0.717, 1.165) is 17.0 Å². The van der Waals surface area contributed by atoms with E-state index < -0.39 is 0 Å². The molecule has 0 atom stereocenters. The highest BCUT2D eigenvalue weighted by molar-refractivity contribution is 9.10. The second kappa shape index (κ2) is 4.17. The number of halogens is 1. The molecule has 2 rings (SSSR count). The van der Waals surface area contributed by atoms with Crippen molar-refractivity contribution in [1.82, 2.24) is 15.0 Å². The normalized spacial score (nSPS) is 10.4. The van der Waals surface area contributed by atoms with Gasteiger partial charge in [0.1, 0.15) is 10.3 Å². The minimum absolute atomic E-state index is 0.183. The summed E-state index contributed by atoms with van der Waals surface area (Å²) in [7, 11) is 0. The number of pyridine rings is 1. The molecule has 0 aliphatic carbocycles. The Balaban J connectivity index is 2.58. The third-order valence-corrected chi connectivity index (χ3v) is 2.68. The number of aryl methyl sites for hydroxylation is 2. The third-order valence-electron chi connectivity index (χ3n) is 2.11. The molecule has 2 heterocycles. The maximum Gasteiger partial charge on any atom is 0.265 e. The molecule has 16 heavy (non-hydrogen) atoms. The van der Waals surface area contributed by atoms with Crippen LogP contribution in [0.1, 0.15) is 11.4 Å². The fourth-order valence-electron chi connectivity index (χ4n) is 1.50. The van der Waals surface area contributed by atoms with E-state index in [-0.39, 0.29) is 5.56 Å². The molecule has 0 radical (unpaired) electrons. The number of H-pyrrole nitrogens is 1. The summed E-state index contributed by atoms with van der Waals surface area (Å²) in [5, 5.41) is 0. The van der Waals surface area contributed by atoms with Crippen molar-refractivity contribution in [2.45, 2.75) is 13.8 Å². The zero-order valence-electron chi connectivity index (χ0n) is 8.91. The second-order valence-corrected chi connectivity index (χ2v) is 4.40. The average molecular weight is 280 g/mol.